The molecule has 0 radical (unpaired) electrons. The monoisotopic (exact) mass is 581 g/mol. The van der Waals surface area contributed by atoms with Crippen molar-refractivity contribution in [3.63, 3.8) is 0 Å². The molecule has 1 aliphatic rings. The van der Waals surface area contributed by atoms with Gasteiger partial charge < -0.3 is 19.7 Å². The molecule has 1 aromatic carbocycles. The number of benzene rings is 1. The van der Waals surface area contributed by atoms with Gasteiger partial charge in [-0.25, -0.2) is 27.7 Å². The van der Waals surface area contributed by atoms with Gasteiger partial charge in [-0.05, 0) is 72.9 Å². The summed E-state index contributed by atoms with van der Waals surface area (Å²) in [5, 5.41) is 6.32. The van der Waals surface area contributed by atoms with E-state index in [1.54, 1.807) is 46.0 Å². The van der Waals surface area contributed by atoms with Crippen molar-refractivity contribution in [2.45, 2.75) is 90.0 Å². The van der Waals surface area contributed by atoms with Gasteiger partial charge in [-0.15, -0.1) is 0 Å². The summed E-state index contributed by atoms with van der Waals surface area (Å²) in [7, 11) is -3.90. The quantitative estimate of drug-likeness (QED) is 0.378. The molecule has 0 aliphatic carbocycles. The number of nitrogens with zero attached hydrogens (tertiary/aromatic N) is 2. The Balaban J connectivity index is 1.82. The average molecular weight is 582 g/mol. The first-order valence-electron chi connectivity index (χ1n) is 13.2. The Kier molecular flexibility index (Phi) is 10.6. The molecule has 3 rings (SSSR count). The van der Waals surface area contributed by atoms with E-state index < -0.39 is 22.2 Å². The van der Waals surface area contributed by atoms with Crippen LogP contribution in [0.4, 0.5) is 20.4 Å². The number of hydrogen-bond donors (Lipinski definition) is 3. The second-order valence-electron chi connectivity index (χ2n) is 10.3. The Labute approximate surface area is 234 Å². The third-order valence-corrected chi connectivity index (χ3v) is 8.46. The maximum atomic E-state index is 13.3. The van der Waals surface area contributed by atoms with E-state index in [9.17, 15) is 18.0 Å². The highest BCUT2D eigenvalue weighted by Gasteiger charge is 2.25. The fraction of sp³-hybridized carbons (Fsp3) is 0.577. The summed E-state index contributed by atoms with van der Waals surface area (Å²) in [5.41, 5.74) is 0.792. The summed E-state index contributed by atoms with van der Waals surface area (Å²) in [6, 6.07) is 4.43. The molecule has 2 amide bonds. The van der Waals surface area contributed by atoms with Crippen LogP contribution in [0.15, 0.2) is 29.3 Å². The molecule has 13 heteroatoms. The molecule has 1 saturated heterocycles. The topological polar surface area (TPSA) is 139 Å². The Morgan fingerprint density at radius 2 is 1.72 bits per heavy atom. The minimum Gasteiger partial charge on any atom is -0.447 e. The normalized spacial score (nSPS) is 16.3. The third kappa shape index (κ3) is 9.07. The molecule has 216 valence electrons. The number of hydrogen-bond acceptors (Lipinski definition) is 9. The van der Waals surface area contributed by atoms with Crippen molar-refractivity contribution < 1.29 is 27.5 Å². The van der Waals surface area contributed by atoms with Gasteiger partial charge in [-0.3, -0.25) is 5.32 Å². The molecule has 39 heavy (non-hydrogen) atoms. The zero-order valence-electron chi connectivity index (χ0n) is 23.3. The van der Waals surface area contributed by atoms with Crippen LogP contribution in [0.3, 0.4) is 0 Å². The highest BCUT2D eigenvalue weighted by Crippen LogP contribution is 2.37. The minimum atomic E-state index is -3.90. The van der Waals surface area contributed by atoms with Crippen LogP contribution in [-0.2, 0) is 19.5 Å². The van der Waals surface area contributed by atoms with Gasteiger partial charge >= 0.3 is 12.2 Å². The van der Waals surface area contributed by atoms with E-state index in [1.807, 2.05) is 13.8 Å². The number of alkyl carbamates (subject to hydrolysis) is 1. The summed E-state index contributed by atoms with van der Waals surface area (Å²) in [5.74, 6) is 0. The number of rotatable bonds is 9. The van der Waals surface area contributed by atoms with Gasteiger partial charge in [0.25, 0.3) is 0 Å². The molecule has 1 aromatic heterocycles. The summed E-state index contributed by atoms with van der Waals surface area (Å²) >= 11 is 1.40. The van der Waals surface area contributed by atoms with Crippen molar-refractivity contribution in [3.05, 3.63) is 24.4 Å². The maximum absolute atomic E-state index is 13.3. The van der Waals surface area contributed by atoms with E-state index in [-0.39, 0.29) is 29.2 Å². The highest BCUT2D eigenvalue weighted by molar-refractivity contribution is 7.89. The smallest absolute Gasteiger partial charge is 0.411 e. The molecule has 2 heterocycles. The van der Waals surface area contributed by atoms with Crippen LogP contribution in [0.2, 0.25) is 0 Å². The molecule has 1 fully saturated rings. The van der Waals surface area contributed by atoms with Gasteiger partial charge in [-0.2, -0.15) is 0 Å². The zero-order valence-corrected chi connectivity index (χ0v) is 24.9. The van der Waals surface area contributed by atoms with Gasteiger partial charge in [0.2, 0.25) is 10.0 Å². The standard InChI is InChI=1S/C26H39N5O6S2/c1-16(2)30-39(34,35)23-14-20(29-26(33)37-18(5)6)9-10-21(23)22-15-27-24(38-22)31-12-7-8-19(11-13-31)28-25(32)36-17(3)4/h9-10,14-19,30H,7-8,11-13H2,1-6H3,(H,28,32)(H,29,33). The fourth-order valence-electron chi connectivity index (χ4n) is 4.14. The number of nitrogens with one attached hydrogen (secondary N) is 3. The van der Waals surface area contributed by atoms with Gasteiger partial charge in [0, 0.05) is 42.6 Å². The lowest BCUT2D eigenvalue weighted by molar-refractivity contribution is 0.111. The van der Waals surface area contributed by atoms with Crippen LogP contribution in [-0.4, -0.2) is 63.0 Å². The lowest BCUT2D eigenvalue weighted by atomic mass is 10.1. The van der Waals surface area contributed by atoms with Crippen molar-refractivity contribution in [1.82, 2.24) is 15.0 Å². The first-order valence-corrected chi connectivity index (χ1v) is 15.5. The molecule has 2 aromatic rings. The SMILES string of the molecule is CC(C)NS(=O)(=O)c1cc(NC(=O)OC(C)C)ccc1-c1cnc(N2CCCC(NC(=O)OC(C)C)CC2)s1. The highest BCUT2D eigenvalue weighted by atomic mass is 32.2. The van der Waals surface area contributed by atoms with Crippen molar-refractivity contribution >= 4 is 44.4 Å². The molecule has 0 bridgehead atoms. The minimum absolute atomic E-state index is 0.0157. The number of amides is 2. The number of carbonyl (C=O) groups excluding carboxylic acids is 2. The number of ether oxygens (including phenoxy) is 2. The van der Waals surface area contributed by atoms with Crippen LogP contribution in [0.25, 0.3) is 10.4 Å². The number of aromatic nitrogens is 1. The van der Waals surface area contributed by atoms with Crippen LogP contribution >= 0.6 is 11.3 Å². The molecule has 0 spiro atoms. The lowest BCUT2D eigenvalue weighted by Crippen LogP contribution is -2.37. The van der Waals surface area contributed by atoms with Crippen LogP contribution in [0.5, 0.6) is 0 Å². The predicted molar refractivity (Wildman–Crippen MR) is 153 cm³/mol. The summed E-state index contributed by atoms with van der Waals surface area (Å²) in [6.45, 7) is 12.0. The summed E-state index contributed by atoms with van der Waals surface area (Å²) in [6.07, 6.45) is 2.56. The first kappa shape index (κ1) is 30.6. The molecule has 1 aliphatic heterocycles. The Hall–Kier alpha value is -2.90. The van der Waals surface area contributed by atoms with E-state index >= 15 is 0 Å². The number of sulfonamides is 1. The second-order valence-corrected chi connectivity index (χ2v) is 13.0. The van der Waals surface area contributed by atoms with E-state index in [0.29, 0.717) is 22.7 Å². The van der Waals surface area contributed by atoms with Crippen molar-refractivity contribution in [3.8, 4) is 10.4 Å². The van der Waals surface area contributed by atoms with Crippen molar-refractivity contribution in [2.24, 2.45) is 0 Å². The Bertz CT molecular complexity index is 1250. The van der Waals surface area contributed by atoms with Gasteiger partial charge in [0.05, 0.1) is 22.0 Å². The Morgan fingerprint density at radius 1 is 1.03 bits per heavy atom. The van der Waals surface area contributed by atoms with Crippen LogP contribution in [0, 0.1) is 0 Å². The van der Waals surface area contributed by atoms with Crippen LogP contribution < -0.4 is 20.3 Å². The predicted octanol–water partition coefficient (Wildman–Crippen LogP) is 4.95. The van der Waals surface area contributed by atoms with Gasteiger partial charge in [0.15, 0.2) is 5.13 Å². The van der Waals surface area contributed by atoms with Gasteiger partial charge in [0.1, 0.15) is 0 Å². The number of carbonyl (C=O) groups is 2. The van der Waals surface area contributed by atoms with Crippen molar-refractivity contribution in [2.75, 3.05) is 23.3 Å². The number of anilines is 2. The molecule has 3 N–H and O–H groups in total. The Morgan fingerprint density at radius 3 is 2.38 bits per heavy atom. The molecule has 0 saturated carbocycles. The zero-order chi connectivity index (χ0) is 28.7. The van der Waals surface area contributed by atoms with Gasteiger partial charge in [-0.1, -0.05) is 17.4 Å². The van der Waals surface area contributed by atoms with E-state index in [2.05, 4.69) is 25.2 Å². The van der Waals surface area contributed by atoms with E-state index in [4.69, 9.17) is 9.47 Å². The molecule has 1 unspecified atom stereocenters. The fourth-order valence-corrected chi connectivity index (χ4v) is 6.71. The average Bonchev–Trinajstić information content (AvgIpc) is 3.17. The largest absolute Gasteiger partial charge is 0.447 e. The summed E-state index contributed by atoms with van der Waals surface area (Å²) in [4.78, 5) is 31.6. The van der Waals surface area contributed by atoms with E-state index in [0.717, 1.165) is 30.9 Å². The summed E-state index contributed by atoms with van der Waals surface area (Å²) < 4.78 is 39.5. The second kappa shape index (κ2) is 13.4. The first-order chi connectivity index (χ1) is 18.3. The molecule has 11 nitrogen and oxygen atoms in total. The van der Waals surface area contributed by atoms with E-state index in [1.165, 1.54) is 17.4 Å². The lowest BCUT2D eigenvalue weighted by Gasteiger charge is -2.20. The van der Waals surface area contributed by atoms with Crippen molar-refractivity contribution in [1.29, 1.82) is 0 Å². The third-order valence-electron chi connectivity index (χ3n) is 5.67. The molecule has 1 atom stereocenters. The van der Waals surface area contributed by atoms with Crippen LogP contribution in [0.1, 0.15) is 60.8 Å². The molecular formula is C26H39N5O6S2. The number of thiazole rings is 1. The molecular weight excluding hydrogens is 542 g/mol. The maximum Gasteiger partial charge on any atom is 0.411 e.